The minimum Gasteiger partial charge on any atom is -0.363 e. The summed E-state index contributed by atoms with van der Waals surface area (Å²) in [6, 6.07) is 15.0. The molecular formula is C14H10I2O. The van der Waals surface area contributed by atoms with Gasteiger partial charge in [0.25, 0.3) is 0 Å². The molecular weight excluding hydrogens is 438 g/mol. The fourth-order valence-corrected chi connectivity index (χ4v) is 3.21. The van der Waals surface area contributed by atoms with Crippen LogP contribution < -0.4 is 0 Å². The van der Waals surface area contributed by atoms with Crippen molar-refractivity contribution in [3.05, 3.63) is 55.2 Å². The molecule has 0 saturated carbocycles. The number of fused-ring (bicyclic) bond motifs is 1. The van der Waals surface area contributed by atoms with Gasteiger partial charge in [0, 0.05) is 7.16 Å². The zero-order chi connectivity index (χ0) is 11.8. The molecule has 0 radical (unpaired) electrons. The van der Waals surface area contributed by atoms with Crippen LogP contribution in [0.2, 0.25) is 0 Å². The van der Waals surface area contributed by atoms with Gasteiger partial charge < -0.3 is 4.74 Å². The molecule has 1 aliphatic heterocycles. The van der Waals surface area contributed by atoms with Gasteiger partial charge in [-0.15, -0.1) is 0 Å². The minimum absolute atomic E-state index is 0.132. The van der Waals surface area contributed by atoms with Gasteiger partial charge in [-0.1, -0.05) is 36.4 Å². The molecule has 0 bridgehead atoms. The summed E-state index contributed by atoms with van der Waals surface area (Å²) in [4.78, 5) is 0. The fourth-order valence-electron chi connectivity index (χ4n) is 2.05. The highest BCUT2D eigenvalue weighted by Crippen LogP contribution is 2.41. The zero-order valence-corrected chi connectivity index (χ0v) is 13.3. The summed E-state index contributed by atoms with van der Waals surface area (Å²) < 4.78 is 8.46. The second-order valence-corrected chi connectivity index (χ2v) is 6.51. The number of halogens is 2. The zero-order valence-electron chi connectivity index (χ0n) is 8.99. The molecule has 1 unspecified atom stereocenters. The lowest BCUT2D eigenvalue weighted by Crippen LogP contribution is -1.97. The molecule has 1 nitrogen and oxygen atoms in total. The first-order valence-electron chi connectivity index (χ1n) is 5.40. The summed E-state index contributed by atoms with van der Waals surface area (Å²) in [6.45, 7) is 0.746. The Balaban J connectivity index is 2.07. The summed E-state index contributed by atoms with van der Waals surface area (Å²) >= 11 is 4.76. The third kappa shape index (κ3) is 2.24. The number of benzene rings is 2. The molecule has 3 rings (SSSR count). The van der Waals surface area contributed by atoms with Gasteiger partial charge in [-0.25, -0.2) is 0 Å². The van der Waals surface area contributed by atoms with Crippen LogP contribution in [0.15, 0.2) is 49.6 Å². The topological polar surface area (TPSA) is 9.23 Å². The lowest BCUT2D eigenvalue weighted by Gasteiger charge is -2.12. The average Bonchev–Trinajstić information content (AvgIpc) is 2.70. The summed E-state index contributed by atoms with van der Waals surface area (Å²) in [6.07, 6.45) is 0.132. The smallest absolute Gasteiger partial charge is 0.114 e. The normalized spacial score (nSPS) is 20.2. The quantitative estimate of drug-likeness (QED) is 0.559. The van der Waals surface area contributed by atoms with E-state index >= 15 is 0 Å². The van der Waals surface area contributed by atoms with Crippen molar-refractivity contribution in [1.82, 2.24) is 0 Å². The van der Waals surface area contributed by atoms with Crippen LogP contribution in [0, 0.1) is 0 Å². The van der Waals surface area contributed by atoms with Crippen LogP contribution >= 0.6 is 45.2 Å². The van der Waals surface area contributed by atoms with E-state index in [9.17, 15) is 0 Å². The molecule has 0 aliphatic carbocycles. The molecule has 2 aromatic rings. The maximum Gasteiger partial charge on any atom is 0.114 e. The van der Waals surface area contributed by atoms with Gasteiger partial charge in [0.05, 0.1) is 6.61 Å². The predicted molar refractivity (Wildman–Crippen MR) is 87.7 cm³/mol. The maximum atomic E-state index is 5.82. The Bertz CT molecular complexity index is 604. The molecule has 0 spiro atoms. The lowest BCUT2D eigenvalue weighted by atomic mass is 10.0. The molecule has 1 heterocycles. The van der Waals surface area contributed by atoms with Gasteiger partial charge in [0.15, 0.2) is 0 Å². The first-order chi connectivity index (χ1) is 8.25. The van der Waals surface area contributed by atoms with E-state index in [0.717, 1.165) is 6.61 Å². The van der Waals surface area contributed by atoms with Gasteiger partial charge >= 0.3 is 0 Å². The van der Waals surface area contributed by atoms with Crippen LogP contribution in [0.3, 0.4) is 0 Å². The van der Waals surface area contributed by atoms with E-state index in [2.05, 4.69) is 87.6 Å². The van der Waals surface area contributed by atoms with E-state index in [1.807, 2.05) is 0 Å². The highest BCUT2D eigenvalue weighted by atomic mass is 127. The Kier molecular flexibility index (Phi) is 3.40. The third-order valence-electron chi connectivity index (χ3n) is 2.94. The standard InChI is InChI=1S/C14H10I2O/c15-12-8-17-14(13(12)16)11-6-5-9-3-1-2-4-10(9)7-11/h1-7,14H,8H2. The second kappa shape index (κ2) is 4.85. The third-order valence-corrected chi connectivity index (χ3v) is 6.08. The van der Waals surface area contributed by atoms with Crippen molar-refractivity contribution in [3.8, 4) is 0 Å². The SMILES string of the molecule is IC1=C(I)C(c2ccc3ccccc3c2)OC1. The second-order valence-electron chi connectivity index (χ2n) is 4.05. The molecule has 86 valence electrons. The van der Waals surface area contributed by atoms with Crippen molar-refractivity contribution in [2.24, 2.45) is 0 Å². The van der Waals surface area contributed by atoms with Crippen molar-refractivity contribution in [1.29, 1.82) is 0 Å². The summed E-state index contributed by atoms with van der Waals surface area (Å²) in [5, 5.41) is 2.56. The van der Waals surface area contributed by atoms with E-state index in [0.29, 0.717) is 0 Å². The average molecular weight is 448 g/mol. The van der Waals surface area contributed by atoms with Crippen LogP contribution in [0.4, 0.5) is 0 Å². The molecule has 1 aliphatic rings. The molecule has 1 atom stereocenters. The molecule has 0 fully saturated rings. The molecule has 3 heteroatoms. The first kappa shape index (κ1) is 11.9. The first-order valence-corrected chi connectivity index (χ1v) is 7.56. The van der Waals surface area contributed by atoms with E-state index in [1.54, 1.807) is 0 Å². The lowest BCUT2D eigenvalue weighted by molar-refractivity contribution is 0.128. The highest BCUT2D eigenvalue weighted by molar-refractivity contribution is 14.1. The van der Waals surface area contributed by atoms with Gasteiger partial charge in [-0.3, -0.25) is 0 Å². The molecule has 0 amide bonds. The van der Waals surface area contributed by atoms with Crippen LogP contribution in [0.5, 0.6) is 0 Å². The number of rotatable bonds is 1. The Hall–Kier alpha value is -0.140. The Labute approximate surface area is 128 Å². The van der Waals surface area contributed by atoms with Crippen LogP contribution in [-0.2, 0) is 4.74 Å². The largest absolute Gasteiger partial charge is 0.363 e. The number of hydrogen-bond donors (Lipinski definition) is 0. The monoisotopic (exact) mass is 448 g/mol. The van der Waals surface area contributed by atoms with Crippen molar-refractivity contribution >= 4 is 56.0 Å². The number of hydrogen-bond acceptors (Lipinski definition) is 1. The van der Waals surface area contributed by atoms with Gasteiger partial charge in [0.2, 0.25) is 0 Å². The van der Waals surface area contributed by atoms with Crippen LogP contribution in [0.25, 0.3) is 10.8 Å². The van der Waals surface area contributed by atoms with Gasteiger partial charge in [-0.2, -0.15) is 0 Å². The van der Waals surface area contributed by atoms with Crippen molar-refractivity contribution in [3.63, 3.8) is 0 Å². The van der Waals surface area contributed by atoms with Crippen molar-refractivity contribution in [2.75, 3.05) is 6.61 Å². The highest BCUT2D eigenvalue weighted by Gasteiger charge is 2.24. The Morgan fingerprint density at radius 3 is 2.47 bits per heavy atom. The van der Waals surface area contributed by atoms with E-state index in [4.69, 9.17) is 4.74 Å². The molecule has 0 N–H and O–H groups in total. The molecule has 17 heavy (non-hydrogen) atoms. The maximum absolute atomic E-state index is 5.82. The van der Waals surface area contributed by atoms with Gasteiger partial charge in [0.1, 0.15) is 6.10 Å². The minimum atomic E-state index is 0.132. The summed E-state index contributed by atoms with van der Waals surface area (Å²) in [5.74, 6) is 0. The van der Waals surface area contributed by atoms with Crippen molar-refractivity contribution < 1.29 is 4.74 Å². The van der Waals surface area contributed by atoms with Gasteiger partial charge in [-0.05, 0) is 67.6 Å². The predicted octanol–water partition coefficient (Wildman–Crippen LogP) is 4.99. The van der Waals surface area contributed by atoms with Crippen LogP contribution in [0.1, 0.15) is 11.7 Å². The molecule has 0 saturated heterocycles. The summed E-state index contributed by atoms with van der Waals surface area (Å²) in [5.41, 5.74) is 1.25. The van der Waals surface area contributed by atoms with Crippen molar-refractivity contribution in [2.45, 2.75) is 6.10 Å². The van der Waals surface area contributed by atoms with E-state index < -0.39 is 0 Å². The Morgan fingerprint density at radius 2 is 1.76 bits per heavy atom. The fraction of sp³-hybridized carbons (Fsp3) is 0.143. The molecule has 2 aromatic carbocycles. The van der Waals surface area contributed by atoms with Crippen LogP contribution in [-0.4, -0.2) is 6.61 Å². The molecule has 0 aromatic heterocycles. The number of ether oxygens (including phenoxy) is 1. The van der Waals surface area contributed by atoms with E-state index in [-0.39, 0.29) is 6.10 Å². The van der Waals surface area contributed by atoms with E-state index in [1.165, 1.54) is 23.5 Å². The Morgan fingerprint density at radius 1 is 1.00 bits per heavy atom. The summed E-state index contributed by atoms with van der Waals surface area (Å²) in [7, 11) is 0.